The predicted octanol–water partition coefficient (Wildman–Crippen LogP) is 2.56. The van der Waals surface area contributed by atoms with E-state index < -0.39 is 30.6 Å². The first-order valence-electron chi connectivity index (χ1n) is 11.7. The second kappa shape index (κ2) is 13.7. The summed E-state index contributed by atoms with van der Waals surface area (Å²) >= 11 is 1.46. The highest BCUT2D eigenvalue weighted by atomic mass is 35.5. The lowest BCUT2D eigenvalue weighted by Gasteiger charge is -2.32. The minimum absolute atomic E-state index is 0. The molecule has 2 N–H and O–H groups in total. The molecule has 2 aliphatic rings. The van der Waals surface area contributed by atoms with E-state index >= 15 is 0 Å². The van der Waals surface area contributed by atoms with E-state index in [1.54, 1.807) is 26.0 Å². The van der Waals surface area contributed by atoms with Crippen LogP contribution in [0.3, 0.4) is 0 Å². The van der Waals surface area contributed by atoms with Crippen molar-refractivity contribution in [2.75, 3.05) is 36.9 Å². The number of thioether (sulfide) groups is 1. The van der Waals surface area contributed by atoms with Gasteiger partial charge >= 0.3 is 11.9 Å². The van der Waals surface area contributed by atoms with Crippen molar-refractivity contribution < 1.29 is 29.0 Å². The highest BCUT2D eigenvalue weighted by molar-refractivity contribution is 7.99. The molecule has 1 saturated heterocycles. The molecule has 1 aromatic rings. The number of esters is 1. The van der Waals surface area contributed by atoms with E-state index in [0.717, 1.165) is 37.2 Å². The fraction of sp³-hybridized carbons (Fsp3) is 0.583. The summed E-state index contributed by atoms with van der Waals surface area (Å²) in [5.41, 5.74) is 0.564. The van der Waals surface area contributed by atoms with Gasteiger partial charge in [0.05, 0.1) is 18.3 Å². The van der Waals surface area contributed by atoms with E-state index in [1.807, 2.05) is 17.0 Å². The number of fused-ring (bicyclic) bond motifs is 1. The summed E-state index contributed by atoms with van der Waals surface area (Å²) in [6.45, 7) is 4.54. The van der Waals surface area contributed by atoms with Gasteiger partial charge in [-0.25, -0.2) is 0 Å². The molecular formula is C24H34ClN3O6S. The lowest BCUT2D eigenvalue weighted by atomic mass is 9.90. The molecule has 2 aliphatic heterocycles. The molecule has 0 bridgehead atoms. The Morgan fingerprint density at radius 3 is 2.54 bits per heavy atom. The van der Waals surface area contributed by atoms with Crippen LogP contribution in [-0.4, -0.2) is 77.8 Å². The Bertz CT molecular complexity index is 909. The van der Waals surface area contributed by atoms with Crippen molar-refractivity contribution in [2.45, 2.75) is 56.5 Å². The number of halogens is 1. The number of amides is 2. The number of nitrogens with one attached hydrogen (secondary N) is 1. The van der Waals surface area contributed by atoms with Gasteiger partial charge in [0.1, 0.15) is 12.6 Å². The van der Waals surface area contributed by atoms with Crippen molar-refractivity contribution in [3.8, 4) is 0 Å². The Morgan fingerprint density at radius 2 is 1.91 bits per heavy atom. The molecule has 0 radical (unpaired) electrons. The fourth-order valence-electron chi connectivity index (χ4n) is 4.47. The lowest BCUT2D eigenvalue weighted by molar-refractivity contribution is -0.146. The first kappa shape index (κ1) is 28.9. The standard InChI is InChI=1S/C24H33N3O6S.ClH/c1-3-33-24(32)18(9-8-17-10-12-26(13-11-17)16(2)28)25-19-15-34-21-7-5-4-6-20(21)27(23(19)31)14-22(29)30;/h4-7,17-19,25H,3,8-15H2,1-2H3,(H,29,30);1H/t18-,19?;/m1./s1. The Kier molecular flexibility index (Phi) is 11.3. The van der Waals surface area contributed by atoms with Gasteiger partial charge in [-0.1, -0.05) is 12.1 Å². The van der Waals surface area contributed by atoms with Crippen LogP contribution in [0.25, 0.3) is 0 Å². The van der Waals surface area contributed by atoms with Crippen molar-refractivity contribution in [2.24, 2.45) is 5.92 Å². The molecule has 9 nitrogen and oxygen atoms in total. The number of carbonyl (C=O) groups excluding carboxylic acids is 3. The van der Waals surface area contributed by atoms with Crippen molar-refractivity contribution in [3.63, 3.8) is 0 Å². The zero-order chi connectivity index (χ0) is 24.7. The molecule has 0 spiro atoms. The van der Waals surface area contributed by atoms with Gasteiger partial charge in [0.2, 0.25) is 11.8 Å². The second-order valence-electron chi connectivity index (χ2n) is 8.65. The van der Waals surface area contributed by atoms with Crippen LogP contribution in [0.4, 0.5) is 5.69 Å². The number of carboxylic acid groups (broad SMARTS) is 1. The number of aliphatic carboxylic acids is 1. The number of anilines is 1. The average Bonchev–Trinajstić information content (AvgIpc) is 2.94. The molecule has 0 aromatic heterocycles. The van der Waals surface area contributed by atoms with Crippen LogP contribution in [0.5, 0.6) is 0 Å². The SMILES string of the molecule is CCOC(=O)[C@@H](CCC1CCN(C(C)=O)CC1)NC1CSc2ccccc2N(CC(=O)O)C1=O.Cl. The minimum Gasteiger partial charge on any atom is -0.480 e. The average molecular weight is 528 g/mol. The van der Waals surface area contributed by atoms with Crippen LogP contribution in [0.15, 0.2) is 29.2 Å². The summed E-state index contributed by atoms with van der Waals surface area (Å²) < 4.78 is 5.27. The third-order valence-corrected chi connectivity index (χ3v) is 7.47. The zero-order valence-corrected chi connectivity index (χ0v) is 21.7. The largest absolute Gasteiger partial charge is 0.480 e. The van der Waals surface area contributed by atoms with Crippen molar-refractivity contribution in [1.82, 2.24) is 10.2 Å². The van der Waals surface area contributed by atoms with Gasteiger partial charge in [0.25, 0.3) is 0 Å². The van der Waals surface area contributed by atoms with E-state index in [-0.39, 0.29) is 30.8 Å². The third kappa shape index (κ3) is 7.85. The maximum Gasteiger partial charge on any atom is 0.323 e. The summed E-state index contributed by atoms with van der Waals surface area (Å²) in [4.78, 5) is 53.1. The van der Waals surface area contributed by atoms with Crippen molar-refractivity contribution in [1.29, 1.82) is 0 Å². The number of likely N-dealkylation sites (tertiary alicyclic amines) is 1. The monoisotopic (exact) mass is 527 g/mol. The number of carbonyl (C=O) groups is 4. The smallest absolute Gasteiger partial charge is 0.323 e. The molecule has 0 saturated carbocycles. The van der Waals surface area contributed by atoms with Crippen LogP contribution < -0.4 is 10.2 Å². The Hall–Kier alpha value is -2.30. The number of rotatable bonds is 9. The molecule has 2 atom stereocenters. The van der Waals surface area contributed by atoms with Crippen LogP contribution in [0, 0.1) is 5.92 Å². The minimum atomic E-state index is -1.10. The predicted molar refractivity (Wildman–Crippen MR) is 136 cm³/mol. The van der Waals surface area contributed by atoms with E-state index in [1.165, 1.54) is 16.7 Å². The molecule has 1 unspecified atom stereocenters. The summed E-state index contributed by atoms with van der Waals surface area (Å²) in [7, 11) is 0. The highest BCUT2D eigenvalue weighted by Gasteiger charge is 2.35. The Morgan fingerprint density at radius 1 is 1.23 bits per heavy atom. The van der Waals surface area contributed by atoms with Crippen molar-refractivity contribution >= 4 is 53.6 Å². The summed E-state index contributed by atoms with van der Waals surface area (Å²) in [5.74, 6) is -1.04. The van der Waals surface area contributed by atoms with Gasteiger partial charge in [-0.15, -0.1) is 24.2 Å². The molecule has 1 aromatic carbocycles. The van der Waals surface area contributed by atoms with Crippen LogP contribution >= 0.6 is 24.2 Å². The van der Waals surface area contributed by atoms with Gasteiger partial charge in [-0.3, -0.25) is 29.4 Å². The van der Waals surface area contributed by atoms with Crippen LogP contribution in [0.2, 0.25) is 0 Å². The number of nitrogens with zero attached hydrogens (tertiary/aromatic N) is 2. The second-order valence-corrected chi connectivity index (χ2v) is 9.71. The van der Waals surface area contributed by atoms with Gasteiger partial charge in [0, 0.05) is 30.7 Å². The maximum atomic E-state index is 13.4. The number of benzene rings is 1. The zero-order valence-electron chi connectivity index (χ0n) is 20.1. The van der Waals surface area contributed by atoms with Crippen molar-refractivity contribution in [3.05, 3.63) is 24.3 Å². The third-order valence-electron chi connectivity index (χ3n) is 6.32. The molecule has 11 heteroatoms. The number of ether oxygens (including phenoxy) is 1. The Balaban J connectivity index is 0.00000432. The summed E-state index contributed by atoms with van der Waals surface area (Å²) in [6, 6.07) is 5.82. The van der Waals surface area contributed by atoms with Gasteiger partial charge in [0.15, 0.2) is 0 Å². The number of carboxylic acids is 1. The Labute approximate surface area is 216 Å². The maximum absolute atomic E-state index is 13.4. The molecule has 35 heavy (non-hydrogen) atoms. The topological polar surface area (TPSA) is 116 Å². The molecule has 0 aliphatic carbocycles. The van der Waals surface area contributed by atoms with E-state index in [4.69, 9.17) is 4.74 Å². The van der Waals surface area contributed by atoms with E-state index in [2.05, 4.69) is 5.32 Å². The van der Waals surface area contributed by atoms with Gasteiger partial charge in [-0.05, 0) is 50.7 Å². The molecular weight excluding hydrogens is 494 g/mol. The molecule has 2 heterocycles. The summed E-state index contributed by atoms with van der Waals surface area (Å²) in [6.07, 6.45) is 3.04. The normalized spacial score (nSPS) is 19.3. The van der Waals surface area contributed by atoms with Gasteiger partial charge in [-0.2, -0.15) is 0 Å². The van der Waals surface area contributed by atoms with E-state index in [9.17, 15) is 24.3 Å². The first-order valence-corrected chi connectivity index (χ1v) is 12.7. The lowest BCUT2D eigenvalue weighted by Crippen LogP contribution is -2.54. The fourth-order valence-corrected chi connectivity index (χ4v) is 5.55. The highest BCUT2D eigenvalue weighted by Crippen LogP contribution is 2.34. The molecule has 1 fully saturated rings. The van der Waals surface area contributed by atoms with Crippen LogP contribution in [-0.2, 0) is 23.9 Å². The molecule has 3 rings (SSSR count). The number of para-hydroxylation sites is 1. The molecule has 194 valence electrons. The molecule has 2 amide bonds. The van der Waals surface area contributed by atoms with Crippen LogP contribution in [0.1, 0.15) is 39.5 Å². The number of hydrogen-bond acceptors (Lipinski definition) is 7. The number of hydrogen-bond donors (Lipinski definition) is 2. The summed E-state index contributed by atoms with van der Waals surface area (Å²) in [5, 5.41) is 12.6. The number of piperidine rings is 1. The van der Waals surface area contributed by atoms with Gasteiger partial charge < -0.3 is 14.7 Å². The van der Waals surface area contributed by atoms with E-state index in [0.29, 0.717) is 23.8 Å². The quantitative estimate of drug-likeness (QED) is 0.471. The first-order chi connectivity index (χ1) is 16.3.